The maximum atomic E-state index is 9.68. The van der Waals surface area contributed by atoms with Crippen LogP contribution in [0, 0.1) is 0 Å². The molecule has 1 fully saturated rings. The Morgan fingerprint density at radius 1 is 1.33 bits per heavy atom. The van der Waals surface area contributed by atoms with E-state index in [1.165, 1.54) is 0 Å². The normalized spacial score (nSPS) is 49.2. The molecule has 0 radical (unpaired) electrons. The molecule has 4 N–H and O–H groups in total. The molecule has 4 unspecified atom stereocenters. The molecule has 72 valence electrons. The van der Waals surface area contributed by atoms with Crippen molar-refractivity contribution in [3.05, 3.63) is 0 Å². The largest absolute Gasteiger partial charge is 0.390 e. The van der Waals surface area contributed by atoms with Crippen molar-refractivity contribution in [3.63, 3.8) is 0 Å². The molecule has 4 nitrogen and oxygen atoms in total. The zero-order valence-corrected chi connectivity index (χ0v) is 7.66. The Balaban J connectivity index is 2.71. The van der Waals surface area contributed by atoms with Gasteiger partial charge in [-0.3, -0.25) is 0 Å². The lowest BCUT2D eigenvalue weighted by molar-refractivity contribution is -0.148. The summed E-state index contributed by atoms with van der Waals surface area (Å²) in [4.78, 5) is -1.31. The first-order valence-corrected chi connectivity index (χ1v) is 5.05. The van der Waals surface area contributed by atoms with Crippen molar-refractivity contribution in [2.45, 2.75) is 36.1 Å². The molecule has 1 aliphatic rings. The van der Waals surface area contributed by atoms with E-state index in [1.54, 1.807) is 6.26 Å². The van der Waals surface area contributed by atoms with Crippen molar-refractivity contribution < 1.29 is 20.4 Å². The van der Waals surface area contributed by atoms with Crippen LogP contribution in [0.3, 0.4) is 0 Å². The average Bonchev–Trinajstić information content (AvgIpc) is 2.09. The van der Waals surface area contributed by atoms with Crippen LogP contribution in [0.4, 0.5) is 0 Å². The zero-order valence-electron chi connectivity index (χ0n) is 6.84. The summed E-state index contributed by atoms with van der Waals surface area (Å²) in [6, 6.07) is 0. The van der Waals surface area contributed by atoms with Crippen molar-refractivity contribution in [2.24, 2.45) is 0 Å². The van der Waals surface area contributed by atoms with E-state index in [2.05, 4.69) is 0 Å². The van der Waals surface area contributed by atoms with Gasteiger partial charge in [-0.15, -0.1) is 11.8 Å². The van der Waals surface area contributed by atoms with Crippen LogP contribution < -0.4 is 0 Å². The summed E-state index contributed by atoms with van der Waals surface area (Å²) in [6.07, 6.45) is -1.16. The van der Waals surface area contributed by atoms with E-state index in [4.69, 9.17) is 5.11 Å². The van der Waals surface area contributed by atoms with E-state index in [0.29, 0.717) is 12.8 Å². The van der Waals surface area contributed by atoms with Crippen LogP contribution >= 0.6 is 11.8 Å². The van der Waals surface area contributed by atoms with E-state index < -0.39 is 23.2 Å². The van der Waals surface area contributed by atoms with Gasteiger partial charge < -0.3 is 20.4 Å². The maximum absolute atomic E-state index is 9.68. The molecule has 1 aliphatic carbocycles. The van der Waals surface area contributed by atoms with Gasteiger partial charge in [0.15, 0.2) is 0 Å². The summed E-state index contributed by atoms with van der Waals surface area (Å²) in [5.41, 5.74) is 0. The van der Waals surface area contributed by atoms with Crippen molar-refractivity contribution >= 4 is 11.8 Å². The van der Waals surface area contributed by atoms with Gasteiger partial charge in [0.2, 0.25) is 0 Å². The van der Waals surface area contributed by atoms with Crippen LogP contribution in [-0.4, -0.2) is 49.9 Å². The van der Waals surface area contributed by atoms with Crippen LogP contribution in [0.1, 0.15) is 12.8 Å². The molecule has 0 heterocycles. The average molecular weight is 194 g/mol. The quantitative estimate of drug-likeness (QED) is 0.399. The Morgan fingerprint density at radius 2 is 1.92 bits per heavy atom. The fourth-order valence-electron chi connectivity index (χ4n) is 1.37. The summed E-state index contributed by atoms with van der Waals surface area (Å²) < 4.78 is 0. The van der Waals surface area contributed by atoms with E-state index >= 15 is 0 Å². The van der Waals surface area contributed by atoms with Crippen molar-refractivity contribution in [1.82, 2.24) is 0 Å². The molecule has 0 bridgehead atoms. The van der Waals surface area contributed by atoms with E-state index in [0.717, 1.165) is 11.8 Å². The minimum absolute atomic E-state index is 0.299. The highest BCUT2D eigenvalue weighted by molar-refractivity contribution is 7.99. The highest BCUT2D eigenvalue weighted by Gasteiger charge is 2.46. The van der Waals surface area contributed by atoms with E-state index in [-0.39, 0.29) is 0 Å². The second kappa shape index (κ2) is 3.51. The molecule has 12 heavy (non-hydrogen) atoms. The first-order chi connectivity index (χ1) is 5.51. The highest BCUT2D eigenvalue weighted by Crippen LogP contribution is 2.36. The van der Waals surface area contributed by atoms with E-state index in [1.807, 2.05) is 0 Å². The lowest BCUT2D eigenvalue weighted by atomic mass is 9.89. The Hall–Kier alpha value is 0.190. The molecule has 0 aliphatic heterocycles. The SMILES string of the molecule is CSC1(O)CCC(O)C(O)C1O. The minimum Gasteiger partial charge on any atom is -0.390 e. The molecular formula is C7H14O4S. The topological polar surface area (TPSA) is 80.9 Å². The Kier molecular flexibility index (Phi) is 3.01. The maximum Gasteiger partial charge on any atom is 0.138 e. The minimum atomic E-state index is -1.31. The van der Waals surface area contributed by atoms with Gasteiger partial charge in [-0.1, -0.05) is 0 Å². The number of hydrogen-bond acceptors (Lipinski definition) is 5. The molecule has 0 spiro atoms. The molecule has 5 heteroatoms. The van der Waals surface area contributed by atoms with Crippen molar-refractivity contribution in [3.8, 4) is 0 Å². The number of thioether (sulfide) groups is 1. The smallest absolute Gasteiger partial charge is 0.138 e. The summed E-state index contributed by atoms with van der Waals surface area (Å²) in [6.45, 7) is 0. The van der Waals surface area contributed by atoms with Crippen molar-refractivity contribution in [1.29, 1.82) is 0 Å². The molecule has 1 saturated carbocycles. The van der Waals surface area contributed by atoms with Gasteiger partial charge in [0, 0.05) is 0 Å². The molecule has 1 rings (SSSR count). The van der Waals surface area contributed by atoms with Gasteiger partial charge in [0.1, 0.15) is 17.1 Å². The van der Waals surface area contributed by atoms with Crippen LogP contribution in [-0.2, 0) is 0 Å². The molecule has 0 aromatic carbocycles. The van der Waals surface area contributed by atoms with Crippen LogP contribution in [0.2, 0.25) is 0 Å². The first-order valence-electron chi connectivity index (χ1n) is 3.83. The lowest BCUT2D eigenvalue weighted by Crippen LogP contribution is -2.55. The lowest BCUT2D eigenvalue weighted by Gasteiger charge is -2.40. The Morgan fingerprint density at radius 3 is 2.42 bits per heavy atom. The van der Waals surface area contributed by atoms with Gasteiger partial charge in [-0.25, -0.2) is 0 Å². The third kappa shape index (κ3) is 1.60. The van der Waals surface area contributed by atoms with E-state index in [9.17, 15) is 15.3 Å². The molecule has 4 atom stereocenters. The first kappa shape index (κ1) is 10.3. The summed E-state index contributed by atoms with van der Waals surface area (Å²) in [5.74, 6) is 0. The van der Waals surface area contributed by atoms with Gasteiger partial charge in [0.25, 0.3) is 0 Å². The molecule has 0 saturated heterocycles. The molecule has 0 aromatic rings. The second-order valence-electron chi connectivity index (χ2n) is 3.09. The third-order valence-corrected chi connectivity index (χ3v) is 3.48. The number of aliphatic hydroxyl groups excluding tert-OH is 3. The summed E-state index contributed by atoms with van der Waals surface area (Å²) in [7, 11) is 0. The Labute approximate surface area is 75.2 Å². The fourth-order valence-corrected chi connectivity index (χ4v) is 2.08. The summed E-state index contributed by atoms with van der Waals surface area (Å²) in [5, 5.41) is 37.4. The fraction of sp³-hybridized carbons (Fsp3) is 1.00. The van der Waals surface area contributed by atoms with Crippen LogP contribution in [0.25, 0.3) is 0 Å². The van der Waals surface area contributed by atoms with Crippen molar-refractivity contribution in [2.75, 3.05) is 6.26 Å². The zero-order chi connectivity index (χ0) is 9.35. The highest BCUT2D eigenvalue weighted by atomic mass is 32.2. The van der Waals surface area contributed by atoms with Gasteiger partial charge in [0.05, 0.1) is 6.10 Å². The Bertz CT molecular complexity index is 165. The van der Waals surface area contributed by atoms with Crippen LogP contribution in [0.5, 0.6) is 0 Å². The number of hydrogen-bond donors (Lipinski definition) is 4. The standard InChI is InChI=1S/C7H14O4S/c1-12-7(11)3-2-4(8)5(9)6(7)10/h4-6,8-11H,2-3H2,1H3. The predicted octanol–water partition coefficient (Wildman–Crippen LogP) is -1.09. The molecule has 0 amide bonds. The second-order valence-corrected chi connectivity index (χ2v) is 4.21. The van der Waals surface area contributed by atoms with Gasteiger partial charge in [-0.2, -0.15) is 0 Å². The molecular weight excluding hydrogens is 180 g/mol. The predicted molar refractivity (Wildman–Crippen MR) is 45.7 cm³/mol. The number of aliphatic hydroxyl groups is 4. The van der Waals surface area contributed by atoms with Gasteiger partial charge in [-0.05, 0) is 19.1 Å². The number of rotatable bonds is 1. The van der Waals surface area contributed by atoms with Crippen LogP contribution in [0.15, 0.2) is 0 Å². The van der Waals surface area contributed by atoms with Gasteiger partial charge >= 0.3 is 0 Å². The monoisotopic (exact) mass is 194 g/mol. The third-order valence-electron chi connectivity index (χ3n) is 2.33. The molecule has 0 aromatic heterocycles. The summed E-state index contributed by atoms with van der Waals surface area (Å²) >= 11 is 1.10.